The summed E-state index contributed by atoms with van der Waals surface area (Å²) in [6.45, 7) is 0. The zero-order valence-corrected chi connectivity index (χ0v) is 9.32. The summed E-state index contributed by atoms with van der Waals surface area (Å²) in [7, 11) is 0. The van der Waals surface area contributed by atoms with Crippen molar-refractivity contribution in [1.82, 2.24) is 0 Å². The van der Waals surface area contributed by atoms with Gasteiger partial charge in [-0.05, 0) is 12.1 Å². The number of hydrogen-bond acceptors (Lipinski definition) is 1. The van der Waals surface area contributed by atoms with Gasteiger partial charge < -0.3 is 5.11 Å². The van der Waals surface area contributed by atoms with Gasteiger partial charge in [0, 0.05) is 0 Å². The molecule has 1 aromatic rings. The zero-order chi connectivity index (χ0) is 14.1. The van der Waals surface area contributed by atoms with Crippen LogP contribution in [0.15, 0.2) is 18.2 Å². The smallest absolute Gasteiger partial charge is 0.416 e. The fourth-order valence-corrected chi connectivity index (χ4v) is 1.72. The summed E-state index contributed by atoms with van der Waals surface area (Å²) in [4.78, 5) is 10.3. The maximum atomic E-state index is 13.5. The Bertz CT molecular complexity index is 470. The summed E-state index contributed by atoms with van der Waals surface area (Å²) in [6, 6.07) is 2.14. The normalized spacial score (nSPS) is 12.6. The molecule has 0 unspecified atom stereocenters. The van der Waals surface area contributed by atoms with Crippen LogP contribution >= 0.6 is 11.6 Å². The molecule has 8 heteroatoms. The lowest BCUT2D eigenvalue weighted by molar-refractivity contribution is -0.151. The van der Waals surface area contributed by atoms with Crippen LogP contribution in [-0.4, -0.2) is 11.1 Å². The number of carboxylic acids is 1. The summed E-state index contributed by atoms with van der Waals surface area (Å²) >= 11 is 5.33. The molecule has 0 aliphatic heterocycles. The molecule has 0 fully saturated rings. The lowest BCUT2D eigenvalue weighted by atomic mass is 9.98. The van der Waals surface area contributed by atoms with Gasteiger partial charge in [-0.2, -0.15) is 13.2 Å². The van der Waals surface area contributed by atoms with Crippen molar-refractivity contribution in [1.29, 1.82) is 0 Å². The molecular formula is C10H6ClF5O2. The number of hydrogen-bond donors (Lipinski definition) is 1. The van der Waals surface area contributed by atoms with E-state index in [2.05, 4.69) is 0 Å². The molecule has 2 nitrogen and oxygen atoms in total. The largest absolute Gasteiger partial charge is 0.481 e. The fourth-order valence-electron chi connectivity index (χ4n) is 1.41. The Labute approximate surface area is 103 Å². The van der Waals surface area contributed by atoms with E-state index in [1.807, 2.05) is 0 Å². The standard InChI is InChI=1S/C10H6ClF5O2/c11-6-3-1-2-5(10(14,15)16)8(6)9(12,13)4-7(17)18/h1-3H,4H2,(H,17,18). The summed E-state index contributed by atoms with van der Waals surface area (Å²) < 4.78 is 64.7. The Hall–Kier alpha value is -1.37. The van der Waals surface area contributed by atoms with Gasteiger partial charge in [-0.25, -0.2) is 8.78 Å². The Morgan fingerprint density at radius 2 is 1.78 bits per heavy atom. The Morgan fingerprint density at radius 3 is 2.22 bits per heavy atom. The molecule has 0 atom stereocenters. The second-order valence-corrected chi connectivity index (χ2v) is 3.84. The first-order valence-electron chi connectivity index (χ1n) is 4.51. The first kappa shape index (κ1) is 14.7. The van der Waals surface area contributed by atoms with E-state index in [1.165, 1.54) is 0 Å². The summed E-state index contributed by atoms with van der Waals surface area (Å²) in [5, 5.41) is 7.47. The van der Waals surface area contributed by atoms with E-state index >= 15 is 0 Å². The van der Waals surface area contributed by atoms with Gasteiger partial charge in [0.25, 0.3) is 5.92 Å². The highest BCUT2D eigenvalue weighted by Gasteiger charge is 2.45. The van der Waals surface area contributed by atoms with Crippen molar-refractivity contribution in [2.45, 2.75) is 18.5 Å². The molecule has 0 bridgehead atoms. The summed E-state index contributed by atoms with van der Waals surface area (Å²) in [5.41, 5.74) is -3.15. The van der Waals surface area contributed by atoms with Crippen LogP contribution in [0.2, 0.25) is 5.02 Å². The fraction of sp³-hybridized carbons (Fsp3) is 0.300. The van der Waals surface area contributed by atoms with Gasteiger partial charge in [-0.3, -0.25) is 4.79 Å². The van der Waals surface area contributed by atoms with Crippen molar-refractivity contribution in [2.24, 2.45) is 0 Å². The van der Waals surface area contributed by atoms with Crippen molar-refractivity contribution in [3.63, 3.8) is 0 Å². The monoisotopic (exact) mass is 288 g/mol. The molecule has 0 aliphatic rings. The van der Waals surface area contributed by atoms with Crippen LogP contribution in [0.3, 0.4) is 0 Å². The second kappa shape index (κ2) is 4.72. The molecule has 18 heavy (non-hydrogen) atoms. The van der Waals surface area contributed by atoms with Gasteiger partial charge in [0.05, 0.1) is 16.1 Å². The van der Waals surface area contributed by atoms with Crippen molar-refractivity contribution in [3.05, 3.63) is 34.3 Å². The van der Waals surface area contributed by atoms with Gasteiger partial charge in [0.1, 0.15) is 6.42 Å². The summed E-state index contributed by atoms with van der Waals surface area (Å²) in [6.07, 6.45) is -6.80. The first-order chi connectivity index (χ1) is 8.05. The Morgan fingerprint density at radius 1 is 1.22 bits per heavy atom. The quantitative estimate of drug-likeness (QED) is 0.856. The van der Waals surface area contributed by atoms with Gasteiger partial charge in [-0.15, -0.1) is 0 Å². The van der Waals surface area contributed by atoms with E-state index in [0.29, 0.717) is 6.07 Å². The number of alkyl halides is 5. The molecular weight excluding hydrogens is 283 g/mol. The number of halogens is 6. The molecule has 1 rings (SSSR count). The lowest BCUT2D eigenvalue weighted by Gasteiger charge is -2.21. The molecule has 0 heterocycles. The SMILES string of the molecule is O=C(O)CC(F)(F)c1c(Cl)cccc1C(F)(F)F. The van der Waals surface area contributed by atoms with Crippen LogP contribution in [0.1, 0.15) is 17.5 Å². The summed E-state index contributed by atoms with van der Waals surface area (Å²) in [5.74, 6) is -6.12. The number of carboxylic acid groups (broad SMARTS) is 1. The highest BCUT2D eigenvalue weighted by molar-refractivity contribution is 6.31. The molecule has 1 aromatic carbocycles. The van der Waals surface area contributed by atoms with Crippen LogP contribution in [0.25, 0.3) is 0 Å². The Balaban J connectivity index is 3.43. The van der Waals surface area contributed by atoms with Crippen LogP contribution in [0.5, 0.6) is 0 Å². The average Bonchev–Trinajstić information content (AvgIpc) is 2.13. The van der Waals surface area contributed by atoms with Gasteiger partial charge in [0.15, 0.2) is 0 Å². The first-order valence-corrected chi connectivity index (χ1v) is 4.89. The van der Waals surface area contributed by atoms with Crippen LogP contribution < -0.4 is 0 Å². The average molecular weight is 289 g/mol. The molecule has 0 saturated carbocycles. The van der Waals surface area contributed by atoms with E-state index in [4.69, 9.17) is 16.7 Å². The molecule has 0 aliphatic carbocycles. The van der Waals surface area contributed by atoms with Crippen LogP contribution in [0, 0.1) is 0 Å². The van der Waals surface area contributed by atoms with E-state index in [1.54, 1.807) is 0 Å². The molecule has 0 aromatic heterocycles. The predicted molar refractivity (Wildman–Crippen MR) is 52.6 cm³/mol. The van der Waals surface area contributed by atoms with E-state index in [0.717, 1.165) is 12.1 Å². The number of benzene rings is 1. The molecule has 1 N–H and O–H groups in total. The zero-order valence-electron chi connectivity index (χ0n) is 8.56. The highest BCUT2D eigenvalue weighted by Crippen LogP contribution is 2.44. The van der Waals surface area contributed by atoms with Crippen molar-refractivity contribution in [2.75, 3.05) is 0 Å². The second-order valence-electron chi connectivity index (χ2n) is 3.44. The number of rotatable bonds is 3. The minimum Gasteiger partial charge on any atom is -0.481 e. The molecule has 0 spiro atoms. The van der Waals surface area contributed by atoms with E-state index < -0.39 is 40.6 Å². The third-order valence-corrected chi connectivity index (χ3v) is 2.37. The maximum absolute atomic E-state index is 13.5. The highest BCUT2D eigenvalue weighted by atomic mass is 35.5. The van der Waals surface area contributed by atoms with E-state index in [9.17, 15) is 26.7 Å². The van der Waals surface area contributed by atoms with Gasteiger partial charge in [-0.1, -0.05) is 17.7 Å². The molecule has 100 valence electrons. The number of aliphatic carboxylic acids is 1. The minimum absolute atomic E-state index is 0.428. The van der Waals surface area contributed by atoms with Crippen LogP contribution in [-0.2, 0) is 16.9 Å². The Kier molecular flexibility index (Phi) is 3.85. The third kappa shape index (κ3) is 3.10. The topological polar surface area (TPSA) is 37.3 Å². The predicted octanol–water partition coefficient (Wildman–Crippen LogP) is 3.93. The molecule has 0 saturated heterocycles. The van der Waals surface area contributed by atoms with Crippen molar-refractivity contribution in [3.8, 4) is 0 Å². The van der Waals surface area contributed by atoms with Crippen LogP contribution in [0.4, 0.5) is 22.0 Å². The van der Waals surface area contributed by atoms with Crippen molar-refractivity contribution < 1.29 is 31.9 Å². The van der Waals surface area contributed by atoms with Gasteiger partial charge in [0.2, 0.25) is 0 Å². The molecule has 0 radical (unpaired) electrons. The molecule has 0 amide bonds. The lowest BCUT2D eigenvalue weighted by Crippen LogP contribution is -2.23. The number of carbonyl (C=O) groups is 1. The van der Waals surface area contributed by atoms with Gasteiger partial charge >= 0.3 is 12.1 Å². The van der Waals surface area contributed by atoms with Crippen molar-refractivity contribution >= 4 is 17.6 Å². The minimum atomic E-state index is -5.04. The third-order valence-electron chi connectivity index (χ3n) is 2.06. The van der Waals surface area contributed by atoms with E-state index in [-0.39, 0.29) is 0 Å². The maximum Gasteiger partial charge on any atom is 0.416 e.